The first kappa shape index (κ1) is 21.4. The summed E-state index contributed by atoms with van der Waals surface area (Å²) in [6, 6.07) is 23.0. The van der Waals surface area contributed by atoms with Gasteiger partial charge in [-0.05, 0) is 55.0 Å². The van der Waals surface area contributed by atoms with E-state index >= 15 is 0 Å². The minimum absolute atomic E-state index is 0.0399. The molecule has 3 aromatic carbocycles. The molecule has 0 saturated carbocycles. The third kappa shape index (κ3) is 5.61. The zero-order valence-electron chi connectivity index (χ0n) is 17.0. The Labute approximate surface area is 177 Å². The maximum absolute atomic E-state index is 12.7. The minimum atomic E-state index is -3.79. The van der Waals surface area contributed by atoms with Gasteiger partial charge in [0, 0.05) is 37.1 Å². The van der Waals surface area contributed by atoms with E-state index in [1.54, 1.807) is 30.3 Å². The number of para-hydroxylation sites is 1. The van der Waals surface area contributed by atoms with Gasteiger partial charge in [-0.2, -0.15) is 0 Å². The number of likely N-dealkylation sites (N-methyl/N-ethyl adjacent to an activating group) is 1. The van der Waals surface area contributed by atoms with E-state index in [0.717, 1.165) is 11.3 Å². The number of anilines is 2. The molecule has 0 bridgehead atoms. The van der Waals surface area contributed by atoms with Crippen LogP contribution >= 0.6 is 0 Å². The number of carbonyl (C=O) groups is 1. The molecular weight excluding hydrogens is 398 g/mol. The second-order valence-corrected chi connectivity index (χ2v) is 8.70. The van der Waals surface area contributed by atoms with Crippen LogP contribution in [0.4, 0.5) is 11.4 Å². The number of rotatable bonds is 8. The fourth-order valence-corrected chi connectivity index (χ4v) is 4.07. The van der Waals surface area contributed by atoms with Crippen molar-refractivity contribution in [3.63, 3.8) is 0 Å². The molecule has 156 valence electrons. The van der Waals surface area contributed by atoms with Gasteiger partial charge in [-0.1, -0.05) is 36.4 Å². The quantitative estimate of drug-likeness (QED) is 0.580. The molecule has 7 heteroatoms. The van der Waals surface area contributed by atoms with E-state index in [9.17, 15) is 13.2 Å². The fourth-order valence-electron chi connectivity index (χ4n) is 2.98. The fraction of sp³-hybridized carbons (Fsp3) is 0.174. The largest absolute Gasteiger partial charge is 0.373 e. The van der Waals surface area contributed by atoms with Crippen LogP contribution in [0.15, 0.2) is 83.8 Å². The highest BCUT2D eigenvalue weighted by Crippen LogP contribution is 2.18. The van der Waals surface area contributed by atoms with E-state index in [1.807, 2.05) is 55.3 Å². The van der Waals surface area contributed by atoms with Gasteiger partial charge in [-0.15, -0.1) is 0 Å². The van der Waals surface area contributed by atoms with Crippen molar-refractivity contribution in [2.45, 2.75) is 11.8 Å². The van der Waals surface area contributed by atoms with Crippen molar-refractivity contribution in [3.05, 3.63) is 90.0 Å². The van der Waals surface area contributed by atoms with Crippen LogP contribution < -0.4 is 14.9 Å². The Hall–Kier alpha value is -3.32. The predicted molar refractivity (Wildman–Crippen MR) is 120 cm³/mol. The number of carbonyl (C=O) groups excluding carboxylic acids is 1. The number of benzene rings is 3. The van der Waals surface area contributed by atoms with Crippen molar-refractivity contribution in [2.24, 2.45) is 0 Å². The number of sulfonamides is 1. The first-order chi connectivity index (χ1) is 14.3. The highest BCUT2D eigenvalue weighted by molar-refractivity contribution is 7.92. The summed E-state index contributed by atoms with van der Waals surface area (Å²) in [5.41, 5.74) is 2.78. The van der Waals surface area contributed by atoms with Crippen LogP contribution in [0.2, 0.25) is 0 Å². The first-order valence-corrected chi connectivity index (χ1v) is 11.1. The van der Waals surface area contributed by atoms with Gasteiger partial charge in [0.05, 0.1) is 4.90 Å². The zero-order chi connectivity index (χ0) is 21.6. The van der Waals surface area contributed by atoms with Crippen LogP contribution in [0, 0.1) is 6.92 Å². The smallest absolute Gasteiger partial charge is 0.261 e. The SMILES string of the molecule is Cc1cccc(NS(=O)(=O)c2cccc(C(=O)NCCN(C)c3ccccc3)c2)c1. The molecule has 1 amide bonds. The van der Waals surface area contributed by atoms with Crippen molar-refractivity contribution < 1.29 is 13.2 Å². The Morgan fingerprint density at radius 1 is 0.933 bits per heavy atom. The summed E-state index contributed by atoms with van der Waals surface area (Å²) in [5, 5.41) is 2.84. The van der Waals surface area contributed by atoms with Crippen molar-refractivity contribution in [1.82, 2.24) is 5.32 Å². The number of nitrogens with one attached hydrogen (secondary N) is 2. The molecule has 0 radical (unpaired) electrons. The molecule has 30 heavy (non-hydrogen) atoms. The molecule has 0 heterocycles. The van der Waals surface area contributed by atoms with E-state index in [2.05, 4.69) is 10.0 Å². The molecule has 0 aliphatic rings. The van der Waals surface area contributed by atoms with Gasteiger partial charge < -0.3 is 10.2 Å². The first-order valence-electron chi connectivity index (χ1n) is 9.59. The predicted octanol–water partition coefficient (Wildman–Crippen LogP) is 3.66. The molecule has 0 fully saturated rings. The molecule has 0 atom stereocenters. The zero-order valence-corrected chi connectivity index (χ0v) is 17.8. The third-order valence-electron chi connectivity index (χ3n) is 4.61. The summed E-state index contributed by atoms with van der Waals surface area (Å²) in [5.74, 6) is -0.316. The lowest BCUT2D eigenvalue weighted by molar-refractivity contribution is 0.0954. The van der Waals surface area contributed by atoms with E-state index in [4.69, 9.17) is 0 Å². The normalized spacial score (nSPS) is 11.0. The van der Waals surface area contributed by atoms with Gasteiger partial charge in [-0.25, -0.2) is 8.42 Å². The van der Waals surface area contributed by atoms with Gasteiger partial charge in [0.15, 0.2) is 0 Å². The molecule has 2 N–H and O–H groups in total. The van der Waals surface area contributed by atoms with E-state index in [0.29, 0.717) is 24.3 Å². The summed E-state index contributed by atoms with van der Waals surface area (Å²) in [7, 11) is -1.84. The Morgan fingerprint density at radius 3 is 2.40 bits per heavy atom. The standard InChI is InChI=1S/C23H25N3O3S/c1-18-8-6-10-20(16-18)25-30(28,29)22-13-7-9-19(17-22)23(27)24-14-15-26(2)21-11-4-3-5-12-21/h3-13,16-17,25H,14-15H2,1-2H3,(H,24,27). The summed E-state index contributed by atoms with van der Waals surface area (Å²) in [6.07, 6.45) is 0. The van der Waals surface area contributed by atoms with Gasteiger partial charge in [-0.3, -0.25) is 9.52 Å². The van der Waals surface area contributed by atoms with Crippen LogP contribution in [-0.2, 0) is 10.0 Å². The van der Waals surface area contributed by atoms with Crippen molar-refractivity contribution in [1.29, 1.82) is 0 Å². The lowest BCUT2D eigenvalue weighted by Crippen LogP contribution is -2.33. The summed E-state index contributed by atoms with van der Waals surface area (Å²) >= 11 is 0. The van der Waals surface area contributed by atoms with Crippen molar-refractivity contribution in [2.75, 3.05) is 29.8 Å². The summed E-state index contributed by atoms with van der Waals surface area (Å²) < 4.78 is 27.9. The Balaban J connectivity index is 1.63. The Kier molecular flexibility index (Phi) is 6.74. The molecule has 0 spiro atoms. The van der Waals surface area contributed by atoms with Crippen LogP contribution in [-0.4, -0.2) is 34.5 Å². The average molecular weight is 424 g/mol. The monoisotopic (exact) mass is 423 g/mol. The number of aryl methyl sites for hydroxylation is 1. The van der Waals surface area contributed by atoms with E-state index < -0.39 is 10.0 Å². The molecule has 0 saturated heterocycles. The van der Waals surface area contributed by atoms with Crippen molar-refractivity contribution in [3.8, 4) is 0 Å². The topological polar surface area (TPSA) is 78.5 Å². The number of hydrogen-bond acceptors (Lipinski definition) is 4. The second kappa shape index (κ2) is 9.45. The number of nitrogens with zero attached hydrogens (tertiary/aromatic N) is 1. The highest BCUT2D eigenvalue weighted by Gasteiger charge is 2.16. The maximum atomic E-state index is 12.7. The van der Waals surface area contributed by atoms with E-state index in [-0.39, 0.29) is 10.8 Å². The molecule has 6 nitrogen and oxygen atoms in total. The molecule has 3 rings (SSSR count). The molecule has 3 aromatic rings. The van der Waals surface area contributed by atoms with E-state index in [1.165, 1.54) is 12.1 Å². The third-order valence-corrected chi connectivity index (χ3v) is 5.99. The van der Waals surface area contributed by atoms with Gasteiger partial charge in [0.1, 0.15) is 0 Å². The van der Waals surface area contributed by atoms with Crippen LogP contribution in [0.5, 0.6) is 0 Å². The average Bonchev–Trinajstić information content (AvgIpc) is 2.74. The molecule has 0 aromatic heterocycles. The number of amides is 1. The Bertz CT molecular complexity index is 1120. The van der Waals surface area contributed by atoms with Crippen molar-refractivity contribution >= 4 is 27.3 Å². The molecule has 0 unspecified atom stereocenters. The second-order valence-electron chi connectivity index (χ2n) is 7.02. The molecule has 0 aliphatic heterocycles. The molecular formula is C23H25N3O3S. The van der Waals surface area contributed by atoms with Gasteiger partial charge in [0.25, 0.3) is 15.9 Å². The lowest BCUT2D eigenvalue weighted by atomic mass is 10.2. The molecule has 0 aliphatic carbocycles. The van der Waals surface area contributed by atoms with Gasteiger partial charge in [0.2, 0.25) is 0 Å². The summed E-state index contributed by atoms with van der Waals surface area (Å²) in [4.78, 5) is 14.6. The van der Waals surface area contributed by atoms with Crippen LogP contribution in [0.25, 0.3) is 0 Å². The Morgan fingerprint density at radius 2 is 1.67 bits per heavy atom. The van der Waals surface area contributed by atoms with Crippen LogP contribution in [0.1, 0.15) is 15.9 Å². The van der Waals surface area contributed by atoms with Crippen LogP contribution in [0.3, 0.4) is 0 Å². The highest BCUT2D eigenvalue weighted by atomic mass is 32.2. The lowest BCUT2D eigenvalue weighted by Gasteiger charge is -2.19. The minimum Gasteiger partial charge on any atom is -0.373 e. The number of hydrogen-bond donors (Lipinski definition) is 2. The van der Waals surface area contributed by atoms with Gasteiger partial charge >= 0.3 is 0 Å². The maximum Gasteiger partial charge on any atom is 0.261 e. The summed E-state index contributed by atoms with van der Waals surface area (Å²) in [6.45, 7) is 2.95.